The third kappa shape index (κ3) is 4.46. The Balaban J connectivity index is 2.65. The van der Waals surface area contributed by atoms with E-state index in [2.05, 4.69) is 5.32 Å². The Morgan fingerprint density at radius 1 is 1.42 bits per heavy atom. The Hall–Kier alpha value is -2.31. The highest BCUT2D eigenvalue weighted by atomic mass is 16.4. The van der Waals surface area contributed by atoms with Crippen molar-refractivity contribution in [3.05, 3.63) is 23.7 Å². The molecule has 1 atom stereocenters. The second-order valence-corrected chi connectivity index (χ2v) is 3.99. The average Bonchev–Trinajstić information content (AvgIpc) is 2.82. The van der Waals surface area contributed by atoms with Crippen LogP contribution < -0.4 is 11.1 Å². The molecule has 0 bridgehead atoms. The van der Waals surface area contributed by atoms with E-state index in [9.17, 15) is 14.4 Å². The van der Waals surface area contributed by atoms with Crippen LogP contribution in [0.2, 0.25) is 0 Å². The molecule has 0 aliphatic rings. The van der Waals surface area contributed by atoms with Crippen LogP contribution in [-0.2, 0) is 16.0 Å². The van der Waals surface area contributed by atoms with Gasteiger partial charge in [-0.25, -0.2) is 4.79 Å². The van der Waals surface area contributed by atoms with Crippen LogP contribution in [0.3, 0.4) is 0 Å². The van der Waals surface area contributed by atoms with Gasteiger partial charge in [-0.1, -0.05) is 6.92 Å². The Morgan fingerprint density at radius 2 is 2.11 bits per heavy atom. The van der Waals surface area contributed by atoms with Crippen LogP contribution in [0, 0.1) is 0 Å². The van der Waals surface area contributed by atoms with Gasteiger partial charge >= 0.3 is 5.97 Å². The first-order valence-corrected chi connectivity index (χ1v) is 5.84. The summed E-state index contributed by atoms with van der Waals surface area (Å²) in [4.78, 5) is 33.3. The summed E-state index contributed by atoms with van der Waals surface area (Å²) >= 11 is 0. The third-order valence-corrected chi connectivity index (χ3v) is 2.52. The molecule has 7 heteroatoms. The number of nitrogens with one attached hydrogen (secondary N) is 1. The number of carbonyl (C=O) groups excluding carboxylic acids is 2. The van der Waals surface area contributed by atoms with E-state index in [0.717, 1.165) is 0 Å². The Bertz CT molecular complexity index is 480. The molecule has 2 amide bonds. The molecule has 4 N–H and O–H groups in total. The van der Waals surface area contributed by atoms with Crippen molar-refractivity contribution in [2.45, 2.75) is 32.2 Å². The SMILES string of the molecule is CCc1ccc(C(=O)N[C@@H](CCC(N)=O)C(=O)O)o1. The summed E-state index contributed by atoms with van der Waals surface area (Å²) in [6.07, 6.45) is 0.463. The minimum absolute atomic E-state index is 0.0437. The lowest BCUT2D eigenvalue weighted by atomic mass is 10.1. The van der Waals surface area contributed by atoms with Crippen LogP contribution >= 0.6 is 0 Å². The zero-order chi connectivity index (χ0) is 14.4. The van der Waals surface area contributed by atoms with Crippen molar-refractivity contribution in [2.24, 2.45) is 5.73 Å². The predicted molar refractivity (Wildman–Crippen MR) is 65.4 cm³/mol. The van der Waals surface area contributed by atoms with Gasteiger partial charge in [0.1, 0.15) is 11.8 Å². The molecular formula is C12H16N2O5. The fourth-order valence-electron chi connectivity index (χ4n) is 1.46. The molecule has 0 unspecified atom stereocenters. The summed E-state index contributed by atoms with van der Waals surface area (Å²) in [5, 5.41) is 11.2. The normalized spacial score (nSPS) is 11.8. The van der Waals surface area contributed by atoms with Crippen LogP contribution in [-0.4, -0.2) is 28.9 Å². The summed E-state index contributed by atoms with van der Waals surface area (Å²) in [6.45, 7) is 1.87. The molecule has 0 spiro atoms. The molecule has 7 nitrogen and oxygen atoms in total. The molecule has 0 aromatic carbocycles. The summed E-state index contributed by atoms with van der Waals surface area (Å²) in [5.41, 5.74) is 4.94. The maximum atomic E-state index is 11.7. The lowest BCUT2D eigenvalue weighted by molar-refractivity contribution is -0.139. The van der Waals surface area contributed by atoms with Crippen LogP contribution in [0.5, 0.6) is 0 Å². The summed E-state index contributed by atoms with van der Waals surface area (Å²) in [5.74, 6) is -1.79. The van der Waals surface area contributed by atoms with E-state index in [-0.39, 0.29) is 18.6 Å². The van der Waals surface area contributed by atoms with Gasteiger partial charge in [-0.05, 0) is 18.6 Å². The fraction of sp³-hybridized carbons (Fsp3) is 0.417. The smallest absolute Gasteiger partial charge is 0.326 e. The van der Waals surface area contributed by atoms with Crippen molar-refractivity contribution in [1.82, 2.24) is 5.32 Å². The van der Waals surface area contributed by atoms with Crippen molar-refractivity contribution in [3.63, 3.8) is 0 Å². The first-order valence-electron chi connectivity index (χ1n) is 5.84. The number of carboxylic acid groups (broad SMARTS) is 1. The van der Waals surface area contributed by atoms with Crippen molar-refractivity contribution >= 4 is 17.8 Å². The molecule has 0 fully saturated rings. The van der Waals surface area contributed by atoms with Gasteiger partial charge in [-0.3, -0.25) is 9.59 Å². The van der Waals surface area contributed by atoms with E-state index in [1.54, 1.807) is 6.07 Å². The van der Waals surface area contributed by atoms with Gasteiger partial charge < -0.3 is 20.6 Å². The number of hydrogen-bond acceptors (Lipinski definition) is 4. The van der Waals surface area contributed by atoms with Crippen LogP contribution in [0.25, 0.3) is 0 Å². The Labute approximate surface area is 109 Å². The molecule has 1 rings (SSSR count). The van der Waals surface area contributed by atoms with E-state index < -0.39 is 23.8 Å². The molecule has 1 aromatic rings. The van der Waals surface area contributed by atoms with Gasteiger partial charge in [0, 0.05) is 12.8 Å². The molecule has 0 radical (unpaired) electrons. The van der Waals surface area contributed by atoms with Crippen LogP contribution in [0.1, 0.15) is 36.1 Å². The van der Waals surface area contributed by atoms with E-state index in [4.69, 9.17) is 15.3 Å². The number of aliphatic carboxylic acids is 1. The van der Waals surface area contributed by atoms with Gasteiger partial charge in [-0.2, -0.15) is 0 Å². The zero-order valence-corrected chi connectivity index (χ0v) is 10.5. The van der Waals surface area contributed by atoms with Crippen LogP contribution in [0.15, 0.2) is 16.5 Å². The molecule has 0 saturated carbocycles. The first kappa shape index (κ1) is 14.7. The van der Waals surface area contributed by atoms with E-state index in [1.807, 2.05) is 6.92 Å². The number of primary amides is 1. The number of nitrogens with two attached hydrogens (primary N) is 1. The number of carbonyl (C=O) groups is 3. The van der Waals surface area contributed by atoms with Gasteiger partial charge in [-0.15, -0.1) is 0 Å². The minimum Gasteiger partial charge on any atom is -0.480 e. The number of hydrogen-bond donors (Lipinski definition) is 3. The lowest BCUT2D eigenvalue weighted by Gasteiger charge is -2.12. The van der Waals surface area contributed by atoms with Crippen molar-refractivity contribution < 1.29 is 23.9 Å². The van der Waals surface area contributed by atoms with E-state index in [1.165, 1.54) is 6.07 Å². The third-order valence-electron chi connectivity index (χ3n) is 2.52. The molecule has 0 aliphatic heterocycles. The Morgan fingerprint density at radius 3 is 2.58 bits per heavy atom. The zero-order valence-electron chi connectivity index (χ0n) is 10.5. The van der Waals surface area contributed by atoms with Crippen molar-refractivity contribution in [3.8, 4) is 0 Å². The molecular weight excluding hydrogens is 252 g/mol. The standard InChI is InChI=1S/C12H16N2O5/c1-2-7-3-5-9(19-7)11(16)14-8(12(17)18)4-6-10(13)15/h3,5,8H,2,4,6H2,1H3,(H2,13,15)(H,14,16)(H,17,18)/t8-/m0/s1. The van der Waals surface area contributed by atoms with Gasteiger partial charge in [0.25, 0.3) is 5.91 Å². The summed E-state index contributed by atoms with van der Waals surface area (Å²) in [6, 6.07) is 1.95. The highest BCUT2D eigenvalue weighted by Gasteiger charge is 2.22. The maximum Gasteiger partial charge on any atom is 0.326 e. The monoisotopic (exact) mass is 268 g/mol. The quantitative estimate of drug-likeness (QED) is 0.656. The second kappa shape index (κ2) is 6.58. The highest BCUT2D eigenvalue weighted by molar-refractivity contribution is 5.94. The van der Waals surface area contributed by atoms with E-state index >= 15 is 0 Å². The van der Waals surface area contributed by atoms with Crippen molar-refractivity contribution in [2.75, 3.05) is 0 Å². The van der Waals surface area contributed by atoms with Gasteiger partial charge in [0.2, 0.25) is 5.91 Å². The largest absolute Gasteiger partial charge is 0.480 e. The first-order chi connectivity index (χ1) is 8.93. The number of carboxylic acids is 1. The number of rotatable bonds is 7. The highest BCUT2D eigenvalue weighted by Crippen LogP contribution is 2.09. The minimum atomic E-state index is -1.23. The summed E-state index contributed by atoms with van der Waals surface area (Å²) < 4.78 is 5.20. The second-order valence-electron chi connectivity index (χ2n) is 3.99. The number of aryl methyl sites for hydroxylation is 1. The lowest BCUT2D eigenvalue weighted by Crippen LogP contribution is -2.41. The average molecular weight is 268 g/mol. The van der Waals surface area contributed by atoms with E-state index in [0.29, 0.717) is 12.2 Å². The number of furan rings is 1. The van der Waals surface area contributed by atoms with Crippen molar-refractivity contribution in [1.29, 1.82) is 0 Å². The van der Waals surface area contributed by atoms with Gasteiger partial charge in [0.05, 0.1) is 0 Å². The summed E-state index contributed by atoms with van der Waals surface area (Å²) in [7, 11) is 0. The topological polar surface area (TPSA) is 123 Å². The van der Waals surface area contributed by atoms with Crippen LogP contribution in [0.4, 0.5) is 0 Å². The molecule has 104 valence electrons. The molecule has 0 aliphatic carbocycles. The predicted octanol–water partition coefficient (Wildman–Crippen LogP) is 0.291. The molecule has 19 heavy (non-hydrogen) atoms. The number of amides is 2. The Kier molecular flexibility index (Phi) is 5.11. The molecule has 1 heterocycles. The maximum absolute atomic E-state index is 11.7. The molecule has 1 aromatic heterocycles. The molecule has 0 saturated heterocycles. The fourth-order valence-corrected chi connectivity index (χ4v) is 1.46. The van der Waals surface area contributed by atoms with Gasteiger partial charge in [0.15, 0.2) is 5.76 Å².